The van der Waals surface area contributed by atoms with Crippen LogP contribution in [0.15, 0.2) is 22.7 Å². The van der Waals surface area contributed by atoms with E-state index in [-0.39, 0.29) is 5.82 Å². The van der Waals surface area contributed by atoms with Crippen LogP contribution in [0.4, 0.5) is 10.2 Å². The number of hydrogen-bond donors (Lipinski definition) is 1. The fraction of sp³-hybridized carbons (Fsp3) is 0.200. The number of halogens is 2. The van der Waals surface area contributed by atoms with Gasteiger partial charge in [-0.2, -0.15) is 0 Å². The molecule has 0 saturated heterocycles. The molecule has 2 rings (SSSR count). The van der Waals surface area contributed by atoms with E-state index in [1.54, 1.807) is 23.7 Å². The molecule has 0 aliphatic heterocycles. The largest absolute Gasteiger partial charge is 0.381 e. The molecule has 0 unspecified atom stereocenters. The van der Waals surface area contributed by atoms with Crippen molar-refractivity contribution in [2.75, 3.05) is 5.73 Å². The zero-order chi connectivity index (χ0) is 11.7. The second-order valence-electron chi connectivity index (χ2n) is 3.45. The predicted molar refractivity (Wildman–Crippen MR) is 62.4 cm³/mol. The average Bonchev–Trinajstić information content (AvgIpc) is 2.55. The molecular formula is C10H10BrFN4. The molecule has 6 heteroatoms. The van der Waals surface area contributed by atoms with E-state index in [0.717, 1.165) is 10.2 Å². The summed E-state index contributed by atoms with van der Waals surface area (Å²) in [6.45, 7) is 2.12. The van der Waals surface area contributed by atoms with Gasteiger partial charge in [0.15, 0.2) is 5.82 Å². The molecule has 2 aromatic rings. The number of rotatable bonds is 2. The molecule has 1 aromatic carbocycles. The Kier molecular flexibility index (Phi) is 2.91. The van der Waals surface area contributed by atoms with Gasteiger partial charge in [-0.3, -0.25) is 0 Å². The van der Waals surface area contributed by atoms with Crippen molar-refractivity contribution >= 4 is 21.7 Å². The fourth-order valence-electron chi connectivity index (χ4n) is 1.35. The van der Waals surface area contributed by atoms with Gasteiger partial charge >= 0.3 is 0 Å². The van der Waals surface area contributed by atoms with Crippen LogP contribution in [0.5, 0.6) is 0 Å². The maximum absolute atomic E-state index is 13.5. The van der Waals surface area contributed by atoms with E-state index in [1.807, 2.05) is 0 Å². The van der Waals surface area contributed by atoms with Crippen LogP contribution in [0, 0.1) is 12.7 Å². The molecule has 4 nitrogen and oxygen atoms in total. The van der Waals surface area contributed by atoms with Gasteiger partial charge in [0.05, 0.1) is 12.2 Å². The highest BCUT2D eigenvalue weighted by atomic mass is 79.9. The van der Waals surface area contributed by atoms with E-state index in [1.165, 1.54) is 6.07 Å². The molecule has 0 aliphatic rings. The summed E-state index contributed by atoms with van der Waals surface area (Å²) in [4.78, 5) is 0. The fourth-order valence-corrected chi connectivity index (χ4v) is 1.76. The molecule has 1 aromatic heterocycles. The molecule has 0 saturated carbocycles. The van der Waals surface area contributed by atoms with Crippen LogP contribution in [0.1, 0.15) is 11.3 Å². The van der Waals surface area contributed by atoms with Crippen molar-refractivity contribution in [3.63, 3.8) is 0 Å². The number of hydrogen-bond acceptors (Lipinski definition) is 3. The van der Waals surface area contributed by atoms with Crippen LogP contribution in [-0.2, 0) is 6.54 Å². The number of nitrogens with two attached hydrogens (primary N) is 1. The smallest absolute Gasteiger partial charge is 0.168 e. The highest BCUT2D eigenvalue weighted by molar-refractivity contribution is 9.10. The van der Waals surface area contributed by atoms with Crippen LogP contribution >= 0.6 is 15.9 Å². The monoisotopic (exact) mass is 284 g/mol. The molecule has 16 heavy (non-hydrogen) atoms. The molecule has 0 amide bonds. The Morgan fingerprint density at radius 2 is 2.25 bits per heavy atom. The maximum atomic E-state index is 13.5. The minimum atomic E-state index is -0.267. The van der Waals surface area contributed by atoms with Crippen molar-refractivity contribution in [1.29, 1.82) is 0 Å². The summed E-state index contributed by atoms with van der Waals surface area (Å²) in [7, 11) is 0. The molecular weight excluding hydrogens is 275 g/mol. The Bertz CT molecular complexity index is 524. The molecule has 0 radical (unpaired) electrons. The second kappa shape index (κ2) is 4.21. The molecule has 1 heterocycles. The topological polar surface area (TPSA) is 56.7 Å². The first-order chi connectivity index (χ1) is 7.58. The Labute approximate surface area is 100 Å². The third kappa shape index (κ3) is 2.06. The second-order valence-corrected chi connectivity index (χ2v) is 4.37. The van der Waals surface area contributed by atoms with E-state index in [2.05, 4.69) is 26.2 Å². The van der Waals surface area contributed by atoms with Crippen LogP contribution in [0.25, 0.3) is 0 Å². The third-order valence-electron chi connectivity index (χ3n) is 2.35. The molecule has 0 bridgehead atoms. The van der Waals surface area contributed by atoms with Crippen LogP contribution in [0.2, 0.25) is 0 Å². The number of nitrogen functional groups attached to an aromatic ring is 1. The molecule has 84 valence electrons. The lowest BCUT2D eigenvalue weighted by atomic mass is 10.2. The summed E-state index contributed by atoms with van der Waals surface area (Å²) in [5.41, 5.74) is 6.84. The molecule has 0 fully saturated rings. The number of nitrogens with zero attached hydrogens (tertiary/aromatic N) is 3. The zero-order valence-electron chi connectivity index (χ0n) is 8.61. The lowest BCUT2D eigenvalue weighted by molar-refractivity contribution is 0.571. The molecule has 0 aliphatic carbocycles. The van der Waals surface area contributed by atoms with E-state index in [4.69, 9.17) is 5.73 Å². The lowest BCUT2D eigenvalue weighted by Crippen LogP contribution is -2.06. The Morgan fingerprint density at radius 3 is 2.88 bits per heavy atom. The number of benzene rings is 1. The van der Waals surface area contributed by atoms with Crippen molar-refractivity contribution in [2.24, 2.45) is 0 Å². The lowest BCUT2D eigenvalue weighted by Gasteiger charge is -2.05. The first-order valence-corrected chi connectivity index (χ1v) is 5.46. The summed E-state index contributed by atoms with van der Waals surface area (Å²) < 4.78 is 15.9. The van der Waals surface area contributed by atoms with E-state index >= 15 is 0 Å². The quantitative estimate of drug-likeness (QED) is 0.919. The van der Waals surface area contributed by atoms with E-state index < -0.39 is 0 Å². The SMILES string of the molecule is Cc1c(N)nnn1Cc1cc(Br)ccc1F. The van der Waals surface area contributed by atoms with Crippen molar-refractivity contribution in [1.82, 2.24) is 15.0 Å². The number of anilines is 1. The van der Waals surface area contributed by atoms with Crippen LogP contribution in [-0.4, -0.2) is 15.0 Å². The van der Waals surface area contributed by atoms with Gasteiger partial charge in [-0.1, -0.05) is 21.1 Å². The van der Waals surface area contributed by atoms with Gasteiger partial charge in [-0.15, -0.1) is 5.10 Å². The summed E-state index contributed by atoms with van der Waals surface area (Å²) in [5.74, 6) is 0.104. The molecule has 2 N–H and O–H groups in total. The summed E-state index contributed by atoms with van der Waals surface area (Å²) in [6, 6.07) is 4.78. The third-order valence-corrected chi connectivity index (χ3v) is 2.84. The van der Waals surface area contributed by atoms with Gasteiger partial charge in [-0.05, 0) is 25.1 Å². The van der Waals surface area contributed by atoms with E-state index in [0.29, 0.717) is 17.9 Å². The van der Waals surface area contributed by atoms with Crippen molar-refractivity contribution in [2.45, 2.75) is 13.5 Å². The highest BCUT2D eigenvalue weighted by Crippen LogP contribution is 2.17. The molecule has 0 atom stereocenters. The van der Waals surface area contributed by atoms with Crippen molar-refractivity contribution < 1.29 is 4.39 Å². The van der Waals surface area contributed by atoms with Gasteiger partial charge in [0.2, 0.25) is 0 Å². The summed E-state index contributed by atoms with van der Waals surface area (Å²) in [6.07, 6.45) is 0. The minimum absolute atomic E-state index is 0.267. The van der Waals surface area contributed by atoms with E-state index in [9.17, 15) is 4.39 Å². The Balaban J connectivity index is 2.33. The van der Waals surface area contributed by atoms with Crippen molar-refractivity contribution in [3.8, 4) is 0 Å². The Morgan fingerprint density at radius 1 is 1.50 bits per heavy atom. The first kappa shape index (κ1) is 11.1. The summed E-state index contributed by atoms with van der Waals surface area (Å²) >= 11 is 3.30. The predicted octanol–water partition coefficient (Wildman–Crippen LogP) is 2.12. The van der Waals surface area contributed by atoms with Crippen molar-refractivity contribution in [3.05, 3.63) is 39.7 Å². The minimum Gasteiger partial charge on any atom is -0.381 e. The number of aromatic nitrogens is 3. The summed E-state index contributed by atoms with van der Waals surface area (Å²) in [5, 5.41) is 7.56. The van der Waals surface area contributed by atoms with Gasteiger partial charge in [-0.25, -0.2) is 9.07 Å². The zero-order valence-corrected chi connectivity index (χ0v) is 10.2. The maximum Gasteiger partial charge on any atom is 0.168 e. The van der Waals surface area contributed by atoms with Crippen LogP contribution in [0.3, 0.4) is 0 Å². The van der Waals surface area contributed by atoms with Crippen LogP contribution < -0.4 is 5.73 Å². The highest BCUT2D eigenvalue weighted by Gasteiger charge is 2.08. The van der Waals surface area contributed by atoms with Gasteiger partial charge in [0, 0.05) is 10.0 Å². The first-order valence-electron chi connectivity index (χ1n) is 4.67. The van der Waals surface area contributed by atoms with Gasteiger partial charge < -0.3 is 5.73 Å². The normalized spacial score (nSPS) is 10.7. The standard InChI is InChI=1S/C10H10BrFN4/c1-6-10(13)14-15-16(6)5-7-4-8(11)2-3-9(7)12/h2-4H,5,13H2,1H3. The van der Waals surface area contributed by atoms with Gasteiger partial charge in [0.1, 0.15) is 5.82 Å². The average molecular weight is 285 g/mol. The Hall–Kier alpha value is -1.43. The molecule has 0 spiro atoms. The van der Waals surface area contributed by atoms with Gasteiger partial charge in [0.25, 0.3) is 0 Å².